The van der Waals surface area contributed by atoms with Crippen molar-refractivity contribution in [3.63, 3.8) is 0 Å². The minimum absolute atomic E-state index is 0.00151. The number of aliphatic hydroxyl groups is 4. The summed E-state index contributed by atoms with van der Waals surface area (Å²) in [5.74, 6) is 1.09. The first-order valence-corrected chi connectivity index (χ1v) is 15.4. The van der Waals surface area contributed by atoms with Crippen molar-refractivity contribution in [2.75, 3.05) is 67.7 Å². The number of H-pyrrole nitrogens is 2. The number of anilines is 3. The van der Waals surface area contributed by atoms with E-state index >= 15 is 0 Å². The van der Waals surface area contributed by atoms with E-state index in [0.717, 1.165) is 39.1 Å². The van der Waals surface area contributed by atoms with Crippen molar-refractivity contribution < 1.29 is 25.2 Å². The molecule has 0 aliphatic rings. The maximum absolute atomic E-state index is 13.2. The van der Waals surface area contributed by atoms with E-state index in [-0.39, 0.29) is 32.3 Å². The number of fused-ring (bicyclic) bond motifs is 2. The van der Waals surface area contributed by atoms with Gasteiger partial charge in [-0.1, -0.05) is 0 Å². The van der Waals surface area contributed by atoms with Crippen LogP contribution in [0.2, 0.25) is 0 Å². The fourth-order valence-electron chi connectivity index (χ4n) is 5.59. The molecule has 0 spiro atoms. The number of aromatic amines is 2. The minimum Gasteiger partial charge on any atom is -0.395 e. The Balaban J connectivity index is 1.15. The van der Waals surface area contributed by atoms with Crippen LogP contribution in [0.1, 0.15) is 10.4 Å². The average molecular weight is 636 g/mol. The number of benzene rings is 4. The van der Waals surface area contributed by atoms with Crippen molar-refractivity contribution >= 4 is 45.0 Å². The second-order valence-electron chi connectivity index (χ2n) is 11.1. The molecule has 0 unspecified atom stereocenters. The highest BCUT2D eigenvalue weighted by molar-refractivity contribution is 6.06. The van der Waals surface area contributed by atoms with Crippen molar-refractivity contribution in [2.45, 2.75) is 0 Å². The number of nitrogens with one attached hydrogen (secondary N) is 3. The van der Waals surface area contributed by atoms with Crippen LogP contribution in [0.15, 0.2) is 84.9 Å². The molecule has 0 bridgehead atoms. The molecule has 7 N–H and O–H groups in total. The summed E-state index contributed by atoms with van der Waals surface area (Å²) in [5.41, 5.74) is 7.65. The van der Waals surface area contributed by atoms with Gasteiger partial charge in [0.2, 0.25) is 0 Å². The third kappa shape index (κ3) is 7.11. The number of hydrogen-bond donors (Lipinski definition) is 7. The highest BCUT2D eigenvalue weighted by atomic mass is 16.3. The molecule has 2 heterocycles. The molecule has 12 nitrogen and oxygen atoms in total. The van der Waals surface area contributed by atoms with Gasteiger partial charge in [0.25, 0.3) is 5.91 Å². The van der Waals surface area contributed by atoms with E-state index < -0.39 is 0 Å². The largest absolute Gasteiger partial charge is 0.395 e. The van der Waals surface area contributed by atoms with Gasteiger partial charge in [0, 0.05) is 59.9 Å². The second-order valence-corrected chi connectivity index (χ2v) is 11.1. The molecule has 47 heavy (non-hydrogen) atoms. The fraction of sp³-hybridized carbons (Fsp3) is 0.229. The molecule has 0 saturated carbocycles. The molecule has 4 aromatic carbocycles. The summed E-state index contributed by atoms with van der Waals surface area (Å²) >= 11 is 0. The van der Waals surface area contributed by atoms with Gasteiger partial charge in [-0.2, -0.15) is 0 Å². The van der Waals surface area contributed by atoms with E-state index in [0.29, 0.717) is 54.6 Å². The topological polar surface area (TPSA) is 174 Å². The zero-order chi connectivity index (χ0) is 32.8. The van der Waals surface area contributed by atoms with Gasteiger partial charge in [-0.15, -0.1) is 0 Å². The predicted molar refractivity (Wildman–Crippen MR) is 184 cm³/mol. The maximum atomic E-state index is 13.2. The van der Waals surface area contributed by atoms with Gasteiger partial charge in [-0.05, 0) is 84.9 Å². The molecule has 1 amide bonds. The fourth-order valence-corrected chi connectivity index (χ4v) is 5.59. The first kappa shape index (κ1) is 31.7. The SMILES string of the molecule is O=C(Nc1ccc2[nH]c(-c3ccc(N(CCO)CCO)cc3)nc2c1)c1ccc2nc(-c3ccc(N(CCO)CCO)cc3)[nH]c2c1. The first-order chi connectivity index (χ1) is 23.0. The number of aliphatic hydroxyl groups excluding tert-OH is 4. The van der Waals surface area contributed by atoms with E-state index in [1.54, 1.807) is 12.1 Å². The number of nitrogens with zero attached hydrogens (tertiary/aromatic N) is 4. The highest BCUT2D eigenvalue weighted by Crippen LogP contribution is 2.27. The molecule has 242 valence electrons. The van der Waals surface area contributed by atoms with Crippen LogP contribution in [0, 0.1) is 0 Å². The standard InChI is InChI=1S/C35H37N7O5/c43-17-13-41(14-18-44)27-7-1-23(2-8-27)33-37-29-11-5-25(21-31(29)39-33)35(47)36-26-6-12-30-32(22-26)40-34(38-30)24-3-9-28(10-4-24)42(15-19-45)16-20-46/h1-12,21-22,43-46H,13-20H2,(H,36,47)(H,37,39)(H,38,40). The lowest BCUT2D eigenvalue weighted by molar-refractivity contribution is 0.102. The van der Waals surface area contributed by atoms with Crippen molar-refractivity contribution in [1.82, 2.24) is 19.9 Å². The quantitative estimate of drug-likeness (QED) is 0.0944. The summed E-state index contributed by atoms with van der Waals surface area (Å²) in [4.78, 5) is 33.1. The molecular weight excluding hydrogens is 598 g/mol. The number of carbonyl (C=O) groups excluding carboxylic acids is 1. The van der Waals surface area contributed by atoms with Gasteiger partial charge in [0.1, 0.15) is 11.6 Å². The van der Waals surface area contributed by atoms with Gasteiger partial charge in [0.15, 0.2) is 0 Å². The first-order valence-electron chi connectivity index (χ1n) is 15.4. The number of rotatable bonds is 14. The second kappa shape index (κ2) is 14.4. The van der Waals surface area contributed by atoms with Crippen LogP contribution < -0.4 is 15.1 Å². The molecule has 0 aliphatic carbocycles. The van der Waals surface area contributed by atoms with E-state index in [9.17, 15) is 25.2 Å². The zero-order valence-corrected chi connectivity index (χ0v) is 25.7. The van der Waals surface area contributed by atoms with Crippen LogP contribution >= 0.6 is 0 Å². The van der Waals surface area contributed by atoms with Crippen molar-refractivity contribution in [2.24, 2.45) is 0 Å². The predicted octanol–water partition coefficient (Wildman–Crippen LogP) is 3.61. The molecule has 6 rings (SSSR count). The summed E-state index contributed by atoms with van der Waals surface area (Å²) in [6.45, 7) is 1.72. The molecule has 0 saturated heterocycles. The normalized spacial score (nSPS) is 11.3. The third-order valence-electron chi connectivity index (χ3n) is 7.98. The van der Waals surface area contributed by atoms with Crippen molar-refractivity contribution in [1.29, 1.82) is 0 Å². The number of amides is 1. The van der Waals surface area contributed by atoms with Gasteiger partial charge < -0.3 is 45.5 Å². The average Bonchev–Trinajstić information content (AvgIpc) is 3.72. The Bertz CT molecular complexity index is 1940. The summed E-state index contributed by atoms with van der Waals surface area (Å²) in [6.07, 6.45) is 0. The molecule has 0 aliphatic heterocycles. The zero-order valence-electron chi connectivity index (χ0n) is 25.7. The van der Waals surface area contributed by atoms with Crippen molar-refractivity contribution in [3.05, 3.63) is 90.5 Å². The Morgan fingerprint density at radius 2 is 1.11 bits per heavy atom. The smallest absolute Gasteiger partial charge is 0.255 e. The van der Waals surface area contributed by atoms with Crippen LogP contribution in [-0.4, -0.2) is 98.9 Å². The molecule has 0 atom stereocenters. The van der Waals surface area contributed by atoms with Crippen LogP contribution in [0.5, 0.6) is 0 Å². The monoisotopic (exact) mass is 635 g/mol. The molecule has 0 fully saturated rings. The summed E-state index contributed by atoms with van der Waals surface area (Å²) < 4.78 is 0. The van der Waals surface area contributed by atoms with Gasteiger partial charge in [-0.3, -0.25) is 4.79 Å². The summed E-state index contributed by atoms with van der Waals surface area (Å²) in [5, 5.41) is 40.3. The van der Waals surface area contributed by atoms with Crippen LogP contribution in [0.25, 0.3) is 44.8 Å². The number of hydrogen-bond acceptors (Lipinski definition) is 9. The van der Waals surface area contributed by atoms with Crippen molar-refractivity contribution in [3.8, 4) is 22.8 Å². The Morgan fingerprint density at radius 3 is 1.64 bits per heavy atom. The molecule has 2 aromatic heterocycles. The lowest BCUT2D eigenvalue weighted by Crippen LogP contribution is -2.29. The van der Waals surface area contributed by atoms with E-state index in [4.69, 9.17) is 9.97 Å². The molecule has 0 radical (unpaired) electrons. The summed E-state index contributed by atoms with van der Waals surface area (Å²) in [6, 6.07) is 26.3. The number of aromatic nitrogens is 4. The van der Waals surface area contributed by atoms with E-state index in [2.05, 4.69) is 15.3 Å². The minimum atomic E-state index is -0.263. The number of imidazole rings is 2. The summed E-state index contributed by atoms with van der Waals surface area (Å²) in [7, 11) is 0. The Morgan fingerprint density at radius 1 is 0.596 bits per heavy atom. The van der Waals surface area contributed by atoms with Gasteiger partial charge in [-0.25, -0.2) is 9.97 Å². The maximum Gasteiger partial charge on any atom is 0.255 e. The van der Waals surface area contributed by atoms with E-state index in [1.165, 1.54) is 0 Å². The molecular formula is C35H37N7O5. The van der Waals surface area contributed by atoms with Crippen LogP contribution in [-0.2, 0) is 0 Å². The van der Waals surface area contributed by atoms with Gasteiger partial charge in [0.05, 0.1) is 48.5 Å². The molecule has 12 heteroatoms. The highest BCUT2D eigenvalue weighted by Gasteiger charge is 2.14. The Labute approximate surface area is 271 Å². The van der Waals surface area contributed by atoms with E-state index in [1.807, 2.05) is 82.6 Å². The van der Waals surface area contributed by atoms with Gasteiger partial charge >= 0.3 is 0 Å². The number of carbonyl (C=O) groups is 1. The lowest BCUT2D eigenvalue weighted by atomic mass is 10.2. The van der Waals surface area contributed by atoms with Crippen LogP contribution in [0.4, 0.5) is 17.1 Å². The third-order valence-corrected chi connectivity index (χ3v) is 7.98. The molecule has 6 aromatic rings. The Hall–Kier alpha value is -5.27. The van der Waals surface area contributed by atoms with Crippen LogP contribution in [0.3, 0.4) is 0 Å². The lowest BCUT2D eigenvalue weighted by Gasteiger charge is -2.22. The Kier molecular flexibility index (Phi) is 9.74.